The highest BCUT2D eigenvalue weighted by Gasteiger charge is 2.37. The lowest BCUT2D eigenvalue weighted by molar-refractivity contribution is -0.141. The minimum Gasteiger partial charge on any atom is -0.383 e. The fourth-order valence-electron chi connectivity index (χ4n) is 5.46. The van der Waals surface area contributed by atoms with Gasteiger partial charge in [0.05, 0.1) is 17.3 Å². The molecule has 1 aliphatic carbocycles. The number of benzene rings is 2. The summed E-state index contributed by atoms with van der Waals surface area (Å²) >= 11 is 0. The van der Waals surface area contributed by atoms with Crippen molar-refractivity contribution >= 4 is 40.0 Å². The molecule has 6 rings (SSSR count). The van der Waals surface area contributed by atoms with Gasteiger partial charge in [0.25, 0.3) is 5.91 Å². The first-order valence-corrected chi connectivity index (χ1v) is 13.9. The molecule has 3 amide bonds. The largest absolute Gasteiger partial charge is 0.435 e. The highest BCUT2D eigenvalue weighted by atomic mass is 19.4. The molecule has 0 bridgehead atoms. The summed E-state index contributed by atoms with van der Waals surface area (Å²) in [6.07, 6.45) is 2.96. The van der Waals surface area contributed by atoms with Gasteiger partial charge < -0.3 is 11.1 Å². The van der Waals surface area contributed by atoms with Gasteiger partial charge in [-0.3, -0.25) is 19.7 Å². The molecule has 2 aliphatic rings. The molecule has 1 aliphatic heterocycles. The second-order valence-electron chi connectivity index (χ2n) is 11.0. The van der Waals surface area contributed by atoms with Crippen LogP contribution in [0.1, 0.15) is 53.3 Å². The SMILES string of the molecule is Nc1nccc2ccc(-n3nc(C(F)(F)F)cc3C(=O)Nc3cc(C(CCC4CC4)C4C=CC(=O)NC4=O)ccc3F)cc12. The molecule has 44 heavy (non-hydrogen) atoms. The number of nitrogens with zero attached hydrogens (tertiary/aromatic N) is 3. The van der Waals surface area contributed by atoms with E-state index in [1.807, 2.05) is 0 Å². The van der Waals surface area contributed by atoms with Gasteiger partial charge >= 0.3 is 6.18 Å². The van der Waals surface area contributed by atoms with Gasteiger partial charge in [-0.2, -0.15) is 18.3 Å². The van der Waals surface area contributed by atoms with Gasteiger partial charge in [0.15, 0.2) is 5.69 Å². The van der Waals surface area contributed by atoms with Crippen LogP contribution in [0.3, 0.4) is 0 Å². The molecule has 13 heteroatoms. The Morgan fingerprint density at radius 1 is 1.11 bits per heavy atom. The molecule has 1 fully saturated rings. The summed E-state index contributed by atoms with van der Waals surface area (Å²) in [5.74, 6) is -3.35. The van der Waals surface area contributed by atoms with Gasteiger partial charge in [-0.1, -0.05) is 31.1 Å². The summed E-state index contributed by atoms with van der Waals surface area (Å²) in [6, 6.07) is 10.8. The van der Waals surface area contributed by atoms with Crippen LogP contribution in [0, 0.1) is 17.7 Å². The highest BCUT2D eigenvalue weighted by molar-refractivity contribution is 6.06. The normalized spacial score (nSPS) is 17.5. The Kier molecular flexibility index (Phi) is 7.39. The Morgan fingerprint density at radius 3 is 2.64 bits per heavy atom. The Hall–Kier alpha value is -5.07. The smallest absolute Gasteiger partial charge is 0.383 e. The lowest BCUT2D eigenvalue weighted by Gasteiger charge is -2.27. The van der Waals surface area contributed by atoms with E-state index in [2.05, 4.69) is 20.7 Å². The first-order valence-electron chi connectivity index (χ1n) is 13.9. The number of imide groups is 1. The topological polar surface area (TPSA) is 132 Å². The number of nitrogens with one attached hydrogen (secondary N) is 2. The third-order valence-electron chi connectivity index (χ3n) is 7.94. The van der Waals surface area contributed by atoms with Gasteiger partial charge in [0.2, 0.25) is 11.8 Å². The summed E-state index contributed by atoms with van der Waals surface area (Å²) in [4.78, 5) is 41.9. The van der Waals surface area contributed by atoms with Crippen molar-refractivity contribution in [3.8, 4) is 5.69 Å². The molecule has 4 aromatic rings. The lowest BCUT2D eigenvalue weighted by atomic mass is 9.80. The van der Waals surface area contributed by atoms with Gasteiger partial charge in [-0.15, -0.1) is 0 Å². The molecule has 3 heterocycles. The van der Waals surface area contributed by atoms with Crippen molar-refractivity contribution in [2.75, 3.05) is 11.1 Å². The third kappa shape index (κ3) is 5.90. The van der Waals surface area contributed by atoms with Crippen LogP contribution < -0.4 is 16.4 Å². The van der Waals surface area contributed by atoms with E-state index in [-0.39, 0.29) is 17.2 Å². The first kappa shape index (κ1) is 29.0. The summed E-state index contributed by atoms with van der Waals surface area (Å²) in [5, 5.41) is 9.44. The summed E-state index contributed by atoms with van der Waals surface area (Å²) in [5.41, 5.74) is 4.49. The number of fused-ring (bicyclic) bond motifs is 1. The van der Waals surface area contributed by atoms with Crippen LogP contribution in [0.4, 0.5) is 29.1 Å². The number of carbonyl (C=O) groups excluding carboxylic acids is 3. The number of amides is 3. The standard InChI is InChI=1S/C31H26F4N6O3/c32-23-9-5-18(20(7-3-16-1-2-16)21-8-10-27(42)39-29(21)43)13-24(23)38-30(44)25-15-26(31(33,34)35)40-41(25)19-6-4-17-11-12-37-28(36)22(17)14-19/h4-6,8-16,20-21H,1-3,7H2,(H2,36,37)(H,38,44)(H,39,42,43). The zero-order chi connectivity index (χ0) is 31.2. The van der Waals surface area contributed by atoms with Crippen LogP contribution >= 0.6 is 0 Å². The molecule has 2 unspecified atom stereocenters. The molecule has 9 nitrogen and oxygen atoms in total. The summed E-state index contributed by atoms with van der Waals surface area (Å²) in [7, 11) is 0. The monoisotopic (exact) mass is 606 g/mol. The van der Waals surface area contributed by atoms with Crippen molar-refractivity contribution in [1.29, 1.82) is 0 Å². The second kappa shape index (κ2) is 11.2. The van der Waals surface area contributed by atoms with Crippen molar-refractivity contribution in [1.82, 2.24) is 20.1 Å². The maximum Gasteiger partial charge on any atom is 0.435 e. The van der Waals surface area contributed by atoms with E-state index < -0.39 is 52.9 Å². The van der Waals surface area contributed by atoms with E-state index in [1.165, 1.54) is 42.6 Å². The fourth-order valence-corrected chi connectivity index (χ4v) is 5.46. The van der Waals surface area contributed by atoms with Crippen LogP contribution in [-0.2, 0) is 15.8 Å². The predicted molar refractivity (Wildman–Crippen MR) is 153 cm³/mol. The number of alkyl halides is 3. The molecule has 0 radical (unpaired) electrons. The number of aromatic nitrogens is 3. The first-order chi connectivity index (χ1) is 21.0. The number of pyridine rings is 1. The fraction of sp³-hybridized carbons (Fsp3) is 0.258. The average molecular weight is 607 g/mol. The number of hydrogen-bond donors (Lipinski definition) is 3. The summed E-state index contributed by atoms with van der Waals surface area (Å²) < 4.78 is 57.0. The van der Waals surface area contributed by atoms with E-state index in [0.717, 1.165) is 30.0 Å². The van der Waals surface area contributed by atoms with Crippen LogP contribution in [-0.4, -0.2) is 32.5 Å². The lowest BCUT2D eigenvalue weighted by Crippen LogP contribution is -2.40. The molecule has 2 atom stereocenters. The molecule has 226 valence electrons. The molecule has 4 N–H and O–H groups in total. The van der Waals surface area contributed by atoms with Gasteiger partial charge in [0.1, 0.15) is 17.3 Å². The van der Waals surface area contributed by atoms with E-state index in [4.69, 9.17) is 5.73 Å². The number of halogens is 4. The molecule has 1 saturated carbocycles. The molecule has 0 spiro atoms. The van der Waals surface area contributed by atoms with Crippen LogP contribution in [0.15, 0.2) is 66.9 Å². The molecular formula is C31H26F4N6O3. The van der Waals surface area contributed by atoms with Crippen molar-refractivity contribution in [2.45, 2.75) is 37.8 Å². The summed E-state index contributed by atoms with van der Waals surface area (Å²) in [6.45, 7) is 0. The maximum absolute atomic E-state index is 15.1. The van der Waals surface area contributed by atoms with Gasteiger partial charge in [0, 0.05) is 23.7 Å². The van der Waals surface area contributed by atoms with Crippen molar-refractivity contribution in [3.05, 3.63) is 89.6 Å². The molecule has 2 aromatic carbocycles. The van der Waals surface area contributed by atoms with E-state index in [9.17, 15) is 27.6 Å². The maximum atomic E-state index is 15.1. The Balaban J connectivity index is 1.35. The van der Waals surface area contributed by atoms with Crippen LogP contribution in [0.5, 0.6) is 0 Å². The van der Waals surface area contributed by atoms with Crippen LogP contribution in [0.2, 0.25) is 0 Å². The zero-order valence-corrected chi connectivity index (χ0v) is 23.1. The number of hydrogen-bond acceptors (Lipinski definition) is 6. The van der Waals surface area contributed by atoms with Crippen LogP contribution in [0.25, 0.3) is 16.5 Å². The number of rotatable bonds is 8. The van der Waals surface area contributed by atoms with E-state index in [0.29, 0.717) is 34.7 Å². The number of carbonyl (C=O) groups is 3. The van der Waals surface area contributed by atoms with Gasteiger partial charge in [-0.05, 0) is 66.0 Å². The number of nitrogen functional groups attached to an aromatic ring is 1. The second-order valence-corrected chi connectivity index (χ2v) is 11.0. The van der Waals surface area contributed by atoms with E-state index >= 15 is 4.39 Å². The van der Waals surface area contributed by atoms with Gasteiger partial charge in [-0.25, -0.2) is 14.1 Å². The van der Waals surface area contributed by atoms with E-state index in [1.54, 1.807) is 12.1 Å². The van der Waals surface area contributed by atoms with Crippen molar-refractivity contribution < 1.29 is 31.9 Å². The van der Waals surface area contributed by atoms with Crippen molar-refractivity contribution in [3.63, 3.8) is 0 Å². The zero-order valence-electron chi connectivity index (χ0n) is 23.1. The predicted octanol–water partition coefficient (Wildman–Crippen LogP) is 5.52. The average Bonchev–Trinajstić information content (AvgIpc) is 3.69. The minimum absolute atomic E-state index is 0.108. The van der Waals surface area contributed by atoms with Crippen molar-refractivity contribution in [2.24, 2.45) is 11.8 Å². The quantitative estimate of drug-likeness (QED) is 0.179. The Morgan fingerprint density at radius 2 is 1.91 bits per heavy atom. The molecular weight excluding hydrogens is 580 g/mol. The molecule has 0 saturated heterocycles. The number of nitrogens with two attached hydrogens (primary N) is 1. The minimum atomic E-state index is -4.87. The highest BCUT2D eigenvalue weighted by Crippen LogP contribution is 2.40. The third-order valence-corrected chi connectivity index (χ3v) is 7.94. The Labute approximate surface area is 248 Å². The Bertz CT molecular complexity index is 1830. The molecule has 2 aromatic heterocycles. The number of anilines is 2.